The molecule has 1 aliphatic carbocycles. The molecule has 1 aliphatic rings. The molecule has 138 valence electrons. The highest BCUT2D eigenvalue weighted by Crippen LogP contribution is 2.23. The highest BCUT2D eigenvalue weighted by Gasteiger charge is 2.22. The van der Waals surface area contributed by atoms with Gasteiger partial charge in [0, 0.05) is 11.6 Å². The van der Waals surface area contributed by atoms with Crippen LogP contribution in [0.5, 0.6) is 0 Å². The van der Waals surface area contributed by atoms with Crippen molar-refractivity contribution in [1.82, 2.24) is 25.8 Å². The van der Waals surface area contributed by atoms with Crippen LogP contribution in [0.1, 0.15) is 38.2 Å². The first-order valence-corrected chi connectivity index (χ1v) is 9.66. The molecule has 1 fully saturated rings. The summed E-state index contributed by atoms with van der Waals surface area (Å²) in [7, 11) is 0. The summed E-state index contributed by atoms with van der Waals surface area (Å²) in [5, 5.41) is 12.3. The van der Waals surface area contributed by atoms with Crippen LogP contribution in [0.25, 0.3) is 11.4 Å². The van der Waals surface area contributed by atoms with Gasteiger partial charge in [0.15, 0.2) is 5.82 Å². The first-order chi connectivity index (χ1) is 12.5. The zero-order chi connectivity index (χ0) is 18.5. The average molecular weight is 373 g/mol. The van der Waals surface area contributed by atoms with Crippen LogP contribution in [0.3, 0.4) is 0 Å². The number of carbonyl (C=O) groups is 2. The van der Waals surface area contributed by atoms with Crippen molar-refractivity contribution in [2.75, 3.05) is 0 Å². The van der Waals surface area contributed by atoms with Crippen molar-refractivity contribution in [1.29, 1.82) is 0 Å². The third-order valence-electron chi connectivity index (χ3n) is 4.37. The lowest BCUT2D eigenvalue weighted by Crippen LogP contribution is -2.45. The van der Waals surface area contributed by atoms with E-state index in [1.165, 1.54) is 17.3 Å². The molecule has 8 heteroatoms. The number of aromatic amines is 1. The Bertz CT molecular complexity index is 768. The van der Waals surface area contributed by atoms with Gasteiger partial charge in [-0.05, 0) is 26.7 Å². The van der Waals surface area contributed by atoms with Crippen molar-refractivity contribution < 1.29 is 9.59 Å². The van der Waals surface area contributed by atoms with Crippen LogP contribution in [-0.2, 0) is 4.79 Å². The van der Waals surface area contributed by atoms with Crippen molar-refractivity contribution in [3.63, 3.8) is 0 Å². The number of urea groups is 1. The van der Waals surface area contributed by atoms with Crippen LogP contribution in [-0.4, -0.2) is 38.4 Å². The smallest absolute Gasteiger partial charge is 0.321 e. The number of carbonyl (C=O) groups excluding carboxylic acids is 2. The van der Waals surface area contributed by atoms with Crippen molar-refractivity contribution in [3.05, 3.63) is 29.8 Å². The van der Waals surface area contributed by atoms with Crippen LogP contribution < -0.4 is 10.6 Å². The van der Waals surface area contributed by atoms with Crippen LogP contribution in [0.2, 0.25) is 0 Å². The number of imide groups is 1. The topological polar surface area (TPSA) is 99.8 Å². The molecule has 0 spiro atoms. The molecule has 0 saturated heterocycles. The lowest BCUT2D eigenvalue weighted by molar-refractivity contribution is -0.119. The number of hydrogen-bond donors (Lipinski definition) is 3. The van der Waals surface area contributed by atoms with Gasteiger partial charge in [-0.3, -0.25) is 15.2 Å². The van der Waals surface area contributed by atoms with Crippen LogP contribution >= 0.6 is 11.8 Å². The molecule has 3 N–H and O–H groups in total. The van der Waals surface area contributed by atoms with Gasteiger partial charge in [-0.1, -0.05) is 54.4 Å². The summed E-state index contributed by atoms with van der Waals surface area (Å²) in [6.45, 7) is 3.75. The fourth-order valence-corrected chi connectivity index (χ4v) is 3.58. The first-order valence-electron chi connectivity index (χ1n) is 8.79. The Morgan fingerprint density at radius 2 is 1.92 bits per heavy atom. The molecular weight excluding hydrogens is 350 g/mol. The van der Waals surface area contributed by atoms with Gasteiger partial charge in [0.25, 0.3) is 0 Å². The number of hydrogen-bond acceptors (Lipinski definition) is 5. The highest BCUT2D eigenvalue weighted by atomic mass is 32.2. The molecule has 1 aromatic heterocycles. The van der Waals surface area contributed by atoms with Gasteiger partial charge in [0.2, 0.25) is 11.1 Å². The van der Waals surface area contributed by atoms with E-state index in [-0.39, 0.29) is 11.9 Å². The molecule has 7 nitrogen and oxygen atoms in total. The molecule has 3 rings (SSSR count). The molecular formula is C18H23N5O2S. The molecule has 0 aliphatic heterocycles. The molecule has 2 aromatic rings. The Balaban J connectivity index is 1.52. The van der Waals surface area contributed by atoms with E-state index in [1.54, 1.807) is 6.92 Å². The standard InChI is InChI=1S/C18H23N5O2S/c1-11-7-9-13(10-8-11)15-20-18(23-22-15)26-12(2)16(24)21-17(25)19-14-5-3-4-6-14/h7-10,12,14H,3-6H2,1-2H3,(H,20,22,23)(H2,19,21,24,25)/t12-/m1/s1. The molecule has 0 unspecified atom stereocenters. The third kappa shape index (κ3) is 4.85. The van der Waals surface area contributed by atoms with Gasteiger partial charge in [-0.15, -0.1) is 5.10 Å². The summed E-state index contributed by atoms with van der Waals surface area (Å²) in [6, 6.07) is 7.69. The zero-order valence-electron chi connectivity index (χ0n) is 14.9. The summed E-state index contributed by atoms with van der Waals surface area (Å²) < 4.78 is 0. The molecule has 1 heterocycles. The highest BCUT2D eigenvalue weighted by molar-refractivity contribution is 8.00. The molecule has 0 radical (unpaired) electrons. The fraction of sp³-hybridized carbons (Fsp3) is 0.444. The van der Waals surface area contributed by atoms with Crippen molar-refractivity contribution in [2.24, 2.45) is 0 Å². The molecule has 1 atom stereocenters. The monoisotopic (exact) mass is 373 g/mol. The summed E-state index contributed by atoms with van der Waals surface area (Å²) in [5.74, 6) is 0.297. The van der Waals surface area contributed by atoms with Crippen molar-refractivity contribution in [2.45, 2.75) is 56.0 Å². The number of benzene rings is 1. The summed E-state index contributed by atoms with van der Waals surface area (Å²) in [4.78, 5) is 28.5. The Hall–Kier alpha value is -2.35. The number of thioether (sulfide) groups is 1. The molecule has 1 aromatic carbocycles. The van der Waals surface area contributed by atoms with E-state index in [9.17, 15) is 9.59 Å². The van der Waals surface area contributed by atoms with Crippen LogP contribution in [0.4, 0.5) is 4.79 Å². The zero-order valence-corrected chi connectivity index (χ0v) is 15.7. The molecule has 0 bridgehead atoms. The molecule has 3 amide bonds. The summed E-state index contributed by atoms with van der Waals surface area (Å²) in [5.41, 5.74) is 2.10. The minimum absolute atomic E-state index is 0.177. The number of aromatic nitrogens is 3. The second-order valence-corrected chi connectivity index (χ2v) is 7.84. The quantitative estimate of drug-likeness (QED) is 0.700. The maximum atomic E-state index is 12.2. The van der Waals surface area contributed by atoms with Gasteiger partial charge >= 0.3 is 6.03 Å². The number of nitrogens with one attached hydrogen (secondary N) is 3. The maximum absolute atomic E-state index is 12.2. The van der Waals surface area contributed by atoms with Crippen molar-refractivity contribution >= 4 is 23.7 Å². The molecule has 1 saturated carbocycles. The normalized spacial score (nSPS) is 15.6. The van der Waals surface area contributed by atoms with Gasteiger partial charge in [0.1, 0.15) is 0 Å². The Morgan fingerprint density at radius 3 is 2.62 bits per heavy atom. The lowest BCUT2D eigenvalue weighted by atomic mass is 10.1. The number of amides is 3. The van der Waals surface area contributed by atoms with Gasteiger partial charge in [0.05, 0.1) is 5.25 Å². The number of H-pyrrole nitrogens is 1. The van der Waals surface area contributed by atoms with Crippen molar-refractivity contribution in [3.8, 4) is 11.4 Å². The second-order valence-electron chi connectivity index (χ2n) is 6.54. The number of rotatable bonds is 5. The van der Waals surface area contributed by atoms with Crippen LogP contribution in [0.15, 0.2) is 29.4 Å². The maximum Gasteiger partial charge on any atom is 0.321 e. The second kappa shape index (κ2) is 8.35. The minimum Gasteiger partial charge on any atom is -0.335 e. The van der Waals surface area contributed by atoms with E-state index in [0.29, 0.717) is 11.0 Å². The SMILES string of the molecule is Cc1ccc(-c2nc(S[C@H](C)C(=O)NC(=O)NC3CCCC3)n[nH]2)cc1. The summed E-state index contributed by atoms with van der Waals surface area (Å²) >= 11 is 1.21. The lowest BCUT2D eigenvalue weighted by Gasteiger charge is -2.14. The average Bonchev–Trinajstić information content (AvgIpc) is 3.27. The van der Waals surface area contributed by atoms with Gasteiger partial charge in [-0.25, -0.2) is 9.78 Å². The predicted octanol–water partition coefficient (Wildman–Crippen LogP) is 3.03. The van der Waals surface area contributed by atoms with E-state index in [0.717, 1.165) is 31.2 Å². The van der Waals surface area contributed by atoms with E-state index in [2.05, 4.69) is 25.8 Å². The Morgan fingerprint density at radius 1 is 1.23 bits per heavy atom. The number of nitrogens with zero attached hydrogens (tertiary/aromatic N) is 2. The largest absolute Gasteiger partial charge is 0.335 e. The Labute approximate surface area is 156 Å². The Kier molecular flexibility index (Phi) is 5.92. The first kappa shape index (κ1) is 18.4. The van der Waals surface area contributed by atoms with E-state index >= 15 is 0 Å². The van der Waals surface area contributed by atoms with Gasteiger partial charge < -0.3 is 5.32 Å². The molecule has 26 heavy (non-hydrogen) atoms. The predicted molar refractivity (Wildman–Crippen MR) is 101 cm³/mol. The minimum atomic E-state index is -0.481. The van der Waals surface area contributed by atoms with E-state index < -0.39 is 11.3 Å². The van der Waals surface area contributed by atoms with Gasteiger partial charge in [-0.2, -0.15) is 0 Å². The van der Waals surface area contributed by atoms with Crippen LogP contribution in [0, 0.1) is 6.92 Å². The number of aryl methyl sites for hydroxylation is 1. The fourth-order valence-electron chi connectivity index (χ4n) is 2.86. The summed E-state index contributed by atoms with van der Waals surface area (Å²) in [6.07, 6.45) is 4.20. The van der Waals surface area contributed by atoms with E-state index in [4.69, 9.17) is 0 Å². The third-order valence-corrected chi connectivity index (χ3v) is 5.33. The van der Waals surface area contributed by atoms with E-state index in [1.807, 2.05) is 31.2 Å².